The number of hydrogen-bond acceptors (Lipinski definition) is 7. The molecule has 2 aromatic rings. The van der Waals surface area contributed by atoms with Gasteiger partial charge >= 0.3 is 0 Å². The summed E-state index contributed by atoms with van der Waals surface area (Å²) >= 11 is 0. The predicted octanol–water partition coefficient (Wildman–Crippen LogP) is 1.24. The Balaban J connectivity index is 2.22. The Labute approximate surface area is 120 Å². The monoisotopic (exact) mass is 278 g/mol. The first kappa shape index (κ1) is 14.1. The quantitative estimate of drug-likeness (QED) is 0.637. The molecule has 2 N–H and O–H groups in total. The van der Waals surface area contributed by atoms with Crippen molar-refractivity contribution < 1.29 is 5.11 Å². The maximum Gasteiger partial charge on any atom is 0.177 e. The Morgan fingerprint density at radius 2 is 2.00 bits per heavy atom. The van der Waals surface area contributed by atoms with Crippen LogP contribution >= 0.6 is 0 Å². The number of nitriles is 2. The van der Waals surface area contributed by atoms with Gasteiger partial charge in [-0.1, -0.05) is 0 Å². The van der Waals surface area contributed by atoms with E-state index in [1.807, 2.05) is 0 Å². The molecule has 1 unspecified atom stereocenters. The molecular weight excluding hydrogens is 268 g/mol. The predicted molar refractivity (Wildman–Crippen MR) is 74.2 cm³/mol. The molecule has 7 heteroatoms. The van der Waals surface area contributed by atoms with Crippen molar-refractivity contribution in [1.29, 1.82) is 10.5 Å². The van der Waals surface area contributed by atoms with Crippen molar-refractivity contribution in [3.05, 3.63) is 48.6 Å². The number of anilines is 1. The molecule has 0 amide bonds. The lowest BCUT2D eigenvalue weighted by atomic mass is 10.2. The highest BCUT2D eigenvalue weighted by atomic mass is 16.3. The third-order valence-corrected chi connectivity index (χ3v) is 2.52. The number of nitrogens with zero attached hydrogens (tertiary/aromatic N) is 5. The molecule has 2 rings (SSSR count). The molecule has 0 aliphatic heterocycles. The molecular formula is C14H10N6O. The Kier molecular flexibility index (Phi) is 4.54. The lowest BCUT2D eigenvalue weighted by Crippen LogP contribution is -2.07. The normalized spacial score (nSPS) is 12.0. The summed E-state index contributed by atoms with van der Waals surface area (Å²) in [5, 5.41) is 29.5. The number of rotatable bonds is 4. The number of aromatic nitrogens is 3. The lowest BCUT2D eigenvalue weighted by molar-refractivity contribution is 0.270. The van der Waals surface area contributed by atoms with E-state index in [-0.39, 0.29) is 5.57 Å². The van der Waals surface area contributed by atoms with E-state index in [4.69, 9.17) is 10.5 Å². The molecule has 0 aliphatic carbocycles. The van der Waals surface area contributed by atoms with E-state index in [1.54, 1.807) is 48.9 Å². The number of aliphatic hydroxyl groups excluding tert-OH is 1. The fourth-order valence-electron chi connectivity index (χ4n) is 1.47. The second kappa shape index (κ2) is 6.75. The Morgan fingerprint density at radius 3 is 2.67 bits per heavy atom. The van der Waals surface area contributed by atoms with Crippen molar-refractivity contribution in [2.75, 3.05) is 5.32 Å². The van der Waals surface area contributed by atoms with E-state index in [2.05, 4.69) is 20.3 Å². The zero-order valence-electron chi connectivity index (χ0n) is 10.8. The second-order valence-corrected chi connectivity index (χ2v) is 3.89. The molecule has 0 spiro atoms. The second-order valence-electron chi connectivity index (χ2n) is 3.89. The average molecular weight is 278 g/mol. The van der Waals surface area contributed by atoms with Crippen molar-refractivity contribution in [3.8, 4) is 23.5 Å². The maximum atomic E-state index is 9.30. The minimum Gasteiger partial charge on any atom is -0.373 e. The molecule has 0 aromatic carbocycles. The first-order chi connectivity index (χ1) is 10.2. The Morgan fingerprint density at radius 1 is 1.24 bits per heavy atom. The van der Waals surface area contributed by atoms with Gasteiger partial charge in [-0.05, 0) is 18.2 Å². The fourth-order valence-corrected chi connectivity index (χ4v) is 1.47. The van der Waals surface area contributed by atoms with E-state index >= 15 is 0 Å². The van der Waals surface area contributed by atoms with Gasteiger partial charge < -0.3 is 10.4 Å². The van der Waals surface area contributed by atoms with E-state index in [0.717, 1.165) is 5.56 Å². The molecule has 0 fully saturated rings. The molecule has 1 atom stereocenters. The highest BCUT2D eigenvalue weighted by molar-refractivity contribution is 5.56. The summed E-state index contributed by atoms with van der Waals surface area (Å²) in [6.07, 6.45) is 4.60. The van der Waals surface area contributed by atoms with Crippen LogP contribution in [-0.2, 0) is 0 Å². The zero-order valence-corrected chi connectivity index (χ0v) is 10.8. The van der Waals surface area contributed by atoms with Crippen LogP contribution in [0.3, 0.4) is 0 Å². The summed E-state index contributed by atoms with van der Waals surface area (Å²) in [6.45, 7) is 0. The van der Waals surface area contributed by atoms with E-state index < -0.39 is 6.10 Å². The molecule has 0 saturated heterocycles. The van der Waals surface area contributed by atoms with Crippen molar-refractivity contribution in [3.63, 3.8) is 0 Å². The van der Waals surface area contributed by atoms with E-state index in [1.165, 1.54) is 6.20 Å². The van der Waals surface area contributed by atoms with Gasteiger partial charge in [-0.15, -0.1) is 0 Å². The summed E-state index contributed by atoms with van der Waals surface area (Å²) in [7, 11) is 0. The molecule has 7 nitrogen and oxygen atoms in total. The molecule has 102 valence electrons. The summed E-state index contributed by atoms with van der Waals surface area (Å²) in [5.74, 6) is 0.935. The topological polar surface area (TPSA) is 119 Å². The van der Waals surface area contributed by atoms with Crippen LogP contribution in [0.5, 0.6) is 0 Å². The van der Waals surface area contributed by atoms with Crippen LogP contribution < -0.4 is 5.32 Å². The van der Waals surface area contributed by atoms with Crippen LogP contribution in [0.1, 0.15) is 0 Å². The molecule has 21 heavy (non-hydrogen) atoms. The third-order valence-electron chi connectivity index (χ3n) is 2.52. The molecule has 2 aromatic heterocycles. The largest absolute Gasteiger partial charge is 0.373 e. The van der Waals surface area contributed by atoms with Crippen LogP contribution in [-0.4, -0.2) is 26.2 Å². The summed E-state index contributed by atoms with van der Waals surface area (Å²) < 4.78 is 0. The van der Waals surface area contributed by atoms with E-state index in [9.17, 15) is 5.11 Å². The zero-order chi connectivity index (χ0) is 15.1. The minimum atomic E-state index is -1.47. The van der Waals surface area contributed by atoms with Gasteiger partial charge in [0.05, 0.1) is 11.6 Å². The number of hydrogen-bond donors (Lipinski definition) is 2. The Bertz CT molecular complexity index is 729. The van der Waals surface area contributed by atoms with Gasteiger partial charge in [0.1, 0.15) is 11.9 Å². The van der Waals surface area contributed by atoms with E-state index in [0.29, 0.717) is 11.6 Å². The number of aliphatic hydroxyl groups is 1. The highest BCUT2D eigenvalue weighted by Crippen LogP contribution is 2.15. The van der Waals surface area contributed by atoms with Crippen LogP contribution in [0.4, 0.5) is 5.82 Å². The standard InChI is InChI=1S/C14H10N6O/c15-7-11(12(21)8-16)9-19-13-3-6-18-14(20-13)10-1-4-17-5-2-10/h1-6,9,12,21H,(H,18,19,20)/b11-9+. The van der Waals surface area contributed by atoms with Crippen molar-refractivity contribution in [2.24, 2.45) is 0 Å². The van der Waals surface area contributed by atoms with Gasteiger partial charge in [0.15, 0.2) is 11.9 Å². The van der Waals surface area contributed by atoms with Gasteiger partial charge in [-0.3, -0.25) is 4.98 Å². The first-order valence-electron chi connectivity index (χ1n) is 5.92. The van der Waals surface area contributed by atoms with Crippen molar-refractivity contribution in [2.45, 2.75) is 6.10 Å². The molecule has 0 aliphatic rings. The molecule has 0 radical (unpaired) electrons. The first-order valence-corrected chi connectivity index (χ1v) is 5.92. The Hall–Kier alpha value is -3.29. The van der Waals surface area contributed by atoms with Gasteiger partial charge in [0.25, 0.3) is 0 Å². The van der Waals surface area contributed by atoms with Crippen LogP contribution in [0.25, 0.3) is 11.4 Å². The van der Waals surface area contributed by atoms with Crippen LogP contribution in [0.15, 0.2) is 48.6 Å². The van der Waals surface area contributed by atoms with Gasteiger partial charge in [-0.2, -0.15) is 10.5 Å². The lowest BCUT2D eigenvalue weighted by Gasteiger charge is -2.04. The SMILES string of the molecule is N#C/C(=C\Nc1ccnc(-c2ccncc2)n1)C(O)C#N. The number of pyridine rings is 1. The molecule has 0 saturated carbocycles. The third kappa shape index (κ3) is 3.60. The van der Waals surface area contributed by atoms with Gasteiger partial charge in [0.2, 0.25) is 0 Å². The highest BCUT2D eigenvalue weighted by Gasteiger charge is 2.08. The van der Waals surface area contributed by atoms with Gasteiger partial charge in [-0.25, -0.2) is 9.97 Å². The summed E-state index contributed by atoms with van der Waals surface area (Å²) in [5.41, 5.74) is 0.705. The summed E-state index contributed by atoms with van der Waals surface area (Å²) in [6, 6.07) is 8.47. The molecule has 2 heterocycles. The fraction of sp³-hybridized carbons (Fsp3) is 0.0714. The van der Waals surface area contributed by atoms with Crippen molar-refractivity contribution in [1.82, 2.24) is 15.0 Å². The maximum absolute atomic E-state index is 9.30. The van der Waals surface area contributed by atoms with Crippen LogP contribution in [0, 0.1) is 22.7 Å². The van der Waals surface area contributed by atoms with Crippen molar-refractivity contribution >= 4 is 5.82 Å². The summed E-state index contributed by atoms with van der Waals surface area (Å²) in [4.78, 5) is 12.3. The van der Waals surface area contributed by atoms with Crippen LogP contribution in [0.2, 0.25) is 0 Å². The number of nitrogens with one attached hydrogen (secondary N) is 1. The smallest absolute Gasteiger partial charge is 0.177 e. The van der Waals surface area contributed by atoms with Gasteiger partial charge in [0, 0.05) is 30.4 Å². The minimum absolute atomic E-state index is 0.0958. The average Bonchev–Trinajstić information content (AvgIpc) is 2.56. The molecule has 0 bridgehead atoms.